The van der Waals surface area contributed by atoms with Gasteiger partial charge in [0.25, 0.3) is 0 Å². The molecule has 0 amide bonds. The van der Waals surface area contributed by atoms with Crippen LogP contribution in [0.4, 0.5) is 5.82 Å². The Morgan fingerprint density at radius 2 is 1.92 bits per heavy atom. The van der Waals surface area contributed by atoms with Crippen LogP contribution in [-0.2, 0) is 57.5 Å². The third kappa shape index (κ3) is 6.15. The second-order valence-electron chi connectivity index (χ2n) is 6.73. The maximum atomic E-state index is 11.3. The summed E-state index contributed by atoms with van der Waals surface area (Å²) in [5.74, 6) is -0.198. The van der Waals surface area contributed by atoms with Gasteiger partial charge in [-0.25, -0.2) is 8.42 Å². The van der Waals surface area contributed by atoms with Crippen LogP contribution in [0, 0.1) is 25.2 Å². The van der Waals surface area contributed by atoms with Gasteiger partial charge in [0, 0.05) is 62.0 Å². The van der Waals surface area contributed by atoms with Crippen molar-refractivity contribution in [2.45, 2.75) is 57.6 Å². The topological polar surface area (TPSA) is 90.4 Å². The molecular formula is C15H20ClN3O4Rh2S-2. The quantitative estimate of drug-likeness (QED) is 0.323. The molecule has 26 heavy (non-hydrogen) atoms. The molecule has 1 saturated heterocycles. The predicted molar refractivity (Wildman–Crippen MR) is 88.0 cm³/mol. The molecule has 1 aliphatic carbocycles. The van der Waals surface area contributed by atoms with Crippen LogP contribution in [0.15, 0.2) is 0 Å². The molecule has 1 aromatic heterocycles. The van der Waals surface area contributed by atoms with Gasteiger partial charge in [-0.1, -0.05) is 0 Å². The molecule has 11 heteroatoms. The van der Waals surface area contributed by atoms with Crippen molar-refractivity contribution in [3.05, 3.63) is 18.1 Å². The normalized spacial score (nSPS) is 29.4. The molecule has 0 bridgehead atoms. The zero-order valence-electron chi connectivity index (χ0n) is 14.4. The molecule has 2 fully saturated rings. The molecule has 2 aliphatic rings. The molecule has 3 rings (SSSR count). The number of halogens is 1. The van der Waals surface area contributed by atoms with Crippen LogP contribution in [0.1, 0.15) is 32.4 Å². The van der Waals surface area contributed by atoms with Crippen LogP contribution < -0.4 is 5.32 Å². The Bertz CT molecular complexity index is 723. The standard InChI is InChI=1S/C15H20ClN3O4S.2Rh/c1-9-6-12(18-8-17-9)19-11-7-10(4-5-24(16,20)21)13-14(11)23-15(2,3)22-13;;/h10-11,13-14H,4-5,7H2,1-3H3,(H,17,18,19);;/q-2;;/t10-,11+,13+,14-;;/m0../s1. The fourth-order valence-corrected chi connectivity index (χ4v) is 4.28. The third-order valence-corrected chi connectivity index (χ3v) is 5.50. The van der Waals surface area contributed by atoms with Crippen LogP contribution in [-0.4, -0.2) is 48.2 Å². The van der Waals surface area contributed by atoms with Gasteiger partial charge in [0.1, 0.15) is 6.10 Å². The Hall–Kier alpha value is 0.287. The first-order valence-corrected chi connectivity index (χ1v) is 10.3. The largest absolute Gasteiger partial charge is 0.550 e. The van der Waals surface area contributed by atoms with Gasteiger partial charge in [-0.2, -0.15) is 5.82 Å². The van der Waals surface area contributed by atoms with E-state index in [0.29, 0.717) is 24.4 Å². The summed E-state index contributed by atoms with van der Waals surface area (Å²) >= 11 is 0. The van der Waals surface area contributed by atoms with Crippen molar-refractivity contribution in [2.75, 3.05) is 11.1 Å². The molecular weight excluding hydrogens is 560 g/mol. The Balaban J connectivity index is 0.00000169. The summed E-state index contributed by atoms with van der Waals surface area (Å²) in [6.07, 6.45) is 3.34. The monoisotopic (exact) mass is 579 g/mol. The molecule has 2 heterocycles. The summed E-state index contributed by atoms with van der Waals surface area (Å²) in [5.41, 5.74) is 0.691. The molecule has 1 aliphatic heterocycles. The van der Waals surface area contributed by atoms with Gasteiger partial charge < -0.3 is 30.8 Å². The molecule has 0 aromatic carbocycles. The van der Waals surface area contributed by atoms with Gasteiger partial charge in [0.15, 0.2) is 5.79 Å². The van der Waals surface area contributed by atoms with Gasteiger partial charge in [-0.3, -0.25) is 5.69 Å². The maximum absolute atomic E-state index is 11.3. The van der Waals surface area contributed by atoms with Crippen molar-refractivity contribution in [3.63, 3.8) is 0 Å². The zero-order valence-corrected chi connectivity index (χ0v) is 19.3. The number of anilines is 1. The molecule has 0 spiro atoms. The number of rotatable bonds is 5. The fraction of sp³-hybridized carbons (Fsp3) is 0.733. The van der Waals surface area contributed by atoms with Crippen LogP contribution in [0.2, 0.25) is 0 Å². The predicted octanol–water partition coefficient (Wildman–Crippen LogP) is 1.66. The molecule has 1 saturated carbocycles. The fourth-order valence-electron chi connectivity index (χ4n) is 3.42. The molecule has 152 valence electrons. The molecule has 4 atom stereocenters. The number of hydrogen-bond acceptors (Lipinski definition) is 7. The Morgan fingerprint density at radius 1 is 1.27 bits per heavy atom. The van der Waals surface area contributed by atoms with Crippen molar-refractivity contribution in [2.24, 2.45) is 5.92 Å². The van der Waals surface area contributed by atoms with E-state index < -0.39 is 14.8 Å². The summed E-state index contributed by atoms with van der Waals surface area (Å²) < 4.78 is 34.5. The first kappa shape index (κ1) is 24.3. The van der Waals surface area contributed by atoms with E-state index in [1.165, 1.54) is 0 Å². The Morgan fingerprint density at radius 3 is 2.54 bits per heavy atom. The number of nitrogens with one attached hydrogen (secondary N) is 1. The van der Waals surface area contributed by atoms with Crippen molar-refractivity contribution < 1.29 is 56.8 Å². The summed E-state index contributed by atoms with van der Waals surface area (Å²) in [6, 6.07) is 2.97. The first-order chi connectivity index (χ1) is 11.1. The third-order valence-electron chi connectivity index (χ3n) is 4.31. The number of fused-ring (bicyclic) bond motifs is 1. The van der Waals surface area contributed by atoms with E-state index >= 15 is 0 Å². The van der Waals surface area contributed by atoms with E-state index in [1.54, 1.807) is 0 Å². The second-order valence-corrected chi connectivity index (χ2v) is 9.62. The average molecular weight is 580 g/mol. The van der Waals surface area contributed by atoms with E-state index in [4.69, 9.17) is 20.2 Å². The van der Waals surface area contributed by atoms with Crippen LogP contribution in [0.25, 0.3) is 0 Å². The maximum Gasteiger partial charge on any atom is 0.232 e. The molecule has 0 unspecified atom stereocenters. The second kappa shape index (κ2) is 9.19. The average Bonchev–Trinajstić information content (AvgIpc) is 2.91. The van der Waals surface area contributed by atoms with Gasteiger partial charge in [-0.05, 0) is 32.6 Å². The Kier molecular flexibility index (Phi) is 8.60. The van der Waals surface area contributed by atoms with E-state index in [2.05, 4.69) is 27.7 Å². The van der Waals surface area contributed by atoms with E-state index in [1.807, 2.05) is 20.8 Å². The Labute approximate surface area is 184 Å². The number of aryl methyl sites for hydroxylation is 1. The smallest absolute Gasteiger partial charge is 0.232 e. The van der Waals surface area contributed by atoms with Crippen molar-refractivity contribution in [1.82, 2.24) is 9.97 Å². The van der Waals surface area contributed by atoms with Crippen LogP contribution >= 0.6 is 10.7 Å². The van der Waals surface area contributed by atoms with Crippen LogP contribution in [0.5, 0.6) is 0 Å². The van der Waals surface area contributed by atoms with Gasteiger partial charge in [0.2, 0.25) is 9.05 Å². The van der Waals surface area contributed by atoms with Crippen molar-refractivity contribution in [1.29, 1.82) is 0 Å². The summed E-state index contributed by atoms with van der Waals surface area (Å²) in [7, 11) is 1.83. The molecule has 1 aromatic rings. The van der Waals surface area contributed by atoms with Gasteiger partial charge >= 0.3 is 0 Å². The van der Waals surface area contributed by atoms with Gasteiger partial charge in [-0.15, -0.1) is 6.92 Å². The molecule has 1 N–H and O–H groups in total. The SMILES string of the molecule is Cc1[c-]c(N[C@@H]2C[C@H](CCS(=O)(=O)Cl)[C@H]3OC(C)(C)O[C@H]32)n[c-]n1.[Rh].[Rh]. The number of ether oxygens (including phenoxy) is 2. The minimum Gasteiger partial charge on any atom is -0.550 e. The van der Waals surface area contributed by atoms with Crippen LogP contribution in [0.3, 0.4) is 0 Å². The minimum absolute atomic E-state index is 0. The first-order valence-electron chi connectivity index (χ1n) is 7.81. The summed E-state index contributed by atoms with van der Waals surface area (Å²) in [6.45, 7) is 5.52. The minimum atomic E-state index is -3.53. The summed E-state index contributed by atoms with van der Waals surface area (Å²) in [4.78, 5) is 7.95. The van der Waals surface area contributed by atoms with E-state index in [-0.39, 0.29) is 68.9 Å². The number of nitrogens with zero attached hydrogens (tertiary/aromatic N) is 2. The number of aromatic nitrogens is 2. The van der Waals surface area contributed by atoms with Crippen molar-refractivity contribution in [3.8, 4) is 0 Å². The number of hydrogen-bond donors (Lipinski definition) is 1. The molecule has 7 nitrogen and oxygen atoms in total. The van der Waals surface area contributed by atoms with Crippen molar-refractivity contribution >= 4 is 25.6 Å². The molecule has 2 radical (unpaired) electrons. The van der Waals surface area contributed by atoms with Gasteiger partial charge in [0.05, 0.1) is 11.9 Å². The van der Waals surface area contributed by atoms with E-state index in [9.17, 15) is 8.42 Å². The zero-order chi connectivity index (χ0) is 17.5. The summed E-state index contributed by atoms with van der Waals surface area (Å²) in [5, 5.41) is 3.29. The van der Waals surface area contributed by atoms with E-state index in [0.717, 1.165) is 0 Å².